The smallest absolute Gasteiger partial charge is 0.0652 e. The Balaban J connectivity index is 1.96. The van der Waals surface area contributed by atoms with Crippen LogP contribution in [0.4, 0.5) is 0 Å². The molecule has 2 unspecified atom stereocenters. The summed E-state index contributed by atoms with van der Waals surface area (Å²) in [6, 6.07) is 25.2. The number of aryl methyl sites for hydroxylation is 4. The topological polar surface area (TPSA) is 0 Å². The van der Waals surface area contributed by atoms with Crippen LogP contribution in [0.1, 0.15) is 70.8 Å². The molecule has 1 heteroatoms. The van der Waals surface area contributed by atoms with E-state index in [1.165, 1.54) is 58.0 Å². The van der Waals surface area contributed by atoms with Crippen molar-refractivity contribution in [2.45, 2.75) is 59.5 Å². The van der Waals surface area contributed by atoms with Crippen molar-refractivity contribution in [2.24, 2.45) is 0 Å². The molecular weight excluding hydrogens is 403 g/mol. The van der Waals surface area contributed by atoms with Crippen molar-refractivity contribution in [3.05, 3.63) is 112 Å². The van der Waals surface area contributed by atoms with Gasteiger partial charge in [0.25, 0.3) is 0 Å². The molecule has 1 aliphatic rings. The van der Waals surface area contributed by atoms with Gasteiger partial charge in [-0.05, 0) is 62.5 Å². The Morgan fingerprint density at radius 3 is 2.16 bits per heavy atom. The molecule has 0 radical (unpaired) electrons. The van der Waals surface area contributed by atoms with Crippen LogP contribution in [-0.4, -0.2) is 11.5 Å². The van der Waals surface area contributed by atoms with Crippen LogP contribution in [0.2, 0.25) is 0 Å². The number of rotatable bonds is 6. The lowest BCUT2D eigenvalue weighted by atomic mass is 9.92. The summed E-state index contributed by atoms with van der Waals surface area (Å²) in [4.78, 5) is 0. The first-order chi connectivity index (χ1) is 15.5. The third-order valence-electron chi connectivity index (χ3n) is 6.75. The predicted octanol–water partition coefficient (Wildman–Crippen LogP) is 8.95. The maximum Gasteiger partial charge on any atom is 0.151 e. The third kappa shape index (κ3) is 4.82. The minimum atomic E-state index is -0.285. The fraction of sp³-hybridized carbons (Fsp3) is 0.323. The molecule has 32 heavy (non-hydrogen) atoms. The summed E-state index contributed by atoms with van der Waals surface area (Å²) in [6.07, 6.45) is 7.57. The molecule has 4 rings (SSSR count). The molecule has 0 aromatic heterocycles. The van der Waals surface area contributed by atoms with Gasteiger partial charge in [0.15, 0.2) is 5.29 Å². The Hall–Kier alpha value is -2.43. The highest BCUT2D eigenvalue weighted by atomic mass is 31.1. The number of unbranched alkanes of at least 4 members (excludes halogenated alkanes) is 1. The highest BCUT2D eigenvalue weighted by molar-refractivity contribution is 7.60. The quantitative estimate of drug-likeness (QED) is 0.336. The van der Waals surface area contributed by atoms with Gasteiger partial charge >= 0.3 is 0 Å². The minimum Gasteiger partial charge on any atom is -0.0652 e. The average molecular weight is 440 g/mol. The molecule has 0 amide bonds. The summed E-state index contributed by atoms with van der Waals surface area (Å²) in [5.41, 5.74) is 12.0. The van der Waals surface area contributed by atoms with Gasteiger partial charge < -0.3 is 0 Å². The van der Waals surface area contributed by atoms with Crippen LogP contribution < -0.4 is 0 Å². The molecule has 0 saturated heterocycles. The highest BCUT2D eigenvalue weighted by Gasteiger charge is 2.36. The van der Waals surface area contributed by atoms with E-state index in [-0.39, 0.29) is 7.55 Å². The van der Waals surface area contributed by atoms with E-state index in [1.807, 2.05) is 0 Å². The largest absolute Gasteiger partial charge is 0.151 e. The Bertz CT molecular complexity index is 1160. The van der Waals surface area contributed by atoms with E-state index >= 15 is 0 Å². The lowest BCUT2D eigenvalue weighted by Crippen LogP contribution is -2.13. The van der Waals surface area contributed by atoms with E-state index in [4.69, 9.17) is 0 Å². The standard InChI is InChI=1S/C31H36P/c1-6-7-17-32-30(28-15-13-22(2)18-24(28)4)20-27(26-11-9-8-10-12-26)21-31(32)29-16-14-23(3)19-25(29)5/h8-16,18-20,31H,6-7,17,21H2,1-5H3/q+1. The van der Waals surface area contributed by atoms with Gasteiger partial charge in [-0.2, -0.15) is 0 Å². The van der Waals surface area contributed by atoms with Crippen LogP contribution in [0.25, 0.3) is 5.57 Å². The van der Waals surface area contributed by atoms with E-state index < -0.39 is 0 Å². The molecule has 0 spiro atoms. The van der Waals surface area contributed by atoms with Crippen molar-refractivity contribution in [1.29, 1.82) is 0 Å². The molecule has 0 bridgehead atoms. The molecule has 0 N–H and O–H groups in total. The van der Waals surface area contributed by atoms with Gasteiger partial charge in [-0.15, -0.1) is 0 Å². The zero-order valence-electron chi connectivity index (χ0n) is 20.3. The molecule has 0 aliphatic carbocycles. The van der Waals surface area contributed by atoms with Crippen molar-refractivity contribution >= 4 is 18.4 Å². The fourth-order valence-corrected chi connectivity index (χ4v) is 8.53. The monoisotopic (exact) mass is 439 g/mol. The summed E-state index contributed by atoms with van der Waals surface area (Å²) in [7, 11) is -0.285. The molecule has 164 valence electrons. The predicted molar refractivity (Wildman–Crippen MR) is 144 cm³/mol. The van der Waals surface area contributed by atoms with E-state index in [2.05, 4.69) is 107 Å². The normalized spacial score (nSPS) is 17.4. The number of hydrogen-bond acceptors (Lipinski definition) is 0. The summed E-state index contributed by atoms with van der Waals surface area (Å²) >= 11 is 0. The summed E-state index contributed by atoms with van der Waals surface area (Å²) in [6.45, 7) is 11.3. The molecule has 3 aromatic rings. The summed E-state index contributed by atoms with van der Waals surface area (Å²) in [5, 5.41) is 1.60. The van der Waals surface area contributed by atoms with Crippen molar-refractivity contribution in [3.8, 4) is 0 Å². The van der Waals surface area contributed by atoms with E-state index in [1.54, 1.807) is 10.9 Å². The lowest BCUT2D eigenvalue weighted by molar-refractivity contribution is 0.877. The van der Waals surface area contributed by atoms with Crippen LogP contribution in [0.15, 0.2) is 72.8 Å². The first-order valence-corrected chi connectivity index (χ1v) is 13.6. The molecule has 2 atom stereocenters. The third-order valence-corrected chi connectivity index (χ3v) is 9.75. The molecule has 0 saturated carbocycles. The second-order valence-corrected chi connectivity index (χ2v) is 11.9. The molecule has 0 fully saturated rings. The summed E-state index contributed by atoms with van der Waals surface area (Å²) < 4.78 is 0. The maximum atomic E-state index is 2.56. The van der Waals surface area contributed by atoms with Gasteiger partial charge in [0.1, 0.15) is 19.4 Å². The van der Waals surface area contributed by atoms with Crippen LogP contribution in [0.3, 0.4) is 0 Å². The van der Waals surface area contributed by atoms with Crippen LogP contribution in [0, 0.1) is 27.7 Å². The second-order valence-electron chi connectivity index (χ2n) is 9.37. The Kier molecular flexibility index (Phi) is 7.12. The van der Waals surface area contributed by atoms with Gasteiger partial charge in [-0.25, -0.2) is 0 Å². The van der Waals surface area contributed by atoms with Gasteiger partial charge in [0.2, 0.25) is 0 Å². The number of benzene rings is 3. The molecular formula is C31H36P+. The van der Waals surface area contributed by atoms with Gasteiger partial charge in [-0.3, -0.25) is 0 Å². The SMILES string of the molecule is CCCC[P+]1=C(c2ccc(C)cc2C)C=C(c2ccccc2)CC1c1ccc(C)cc1C. The molecule has 0 nitrogen and oxygen atoms in total. The highest BCUT2D eigenvalue weighted by Crippen LogP contribution is 2.54. The van der Waals surface area contributed by atoms with Gasteiger partial charge in [0, 0.05) is 17.5 Å². The van der Waals surface area contributed by atoms with Crippen LogP contribution >= 0.6 is 7.55 Å². The number of allylic oxidation sites excluding steroid dienone is 2. The van der Waals surface area contributed by atoms with Gasteiger partial charge in [0.05, 0.1) is 0 Å². The Morgan fingerprint density at radius 2 is 1.50 bits per heavy atom. The van der Waals surface area contributed by atoms with Gasteiger partial charge in [-0.1, -0.05) is 91.2 Å². The summed E-state index contributed by atoms with van der Waals surface area (Å²) in [5.74, 6) is 0. The fourth-order valence-electron chi connectivity index (χ4n) is 5.06. The zero-order valence-corrected chi connectivity index (χ0v) is 21.2. The van der Waals surface area contributed by atoms with E-state index in [9.17, 15) is 0 Å². The van der Waals surface area contributed by atoms with Crippen LogP contribution in [0.5, 0.6) is 0 Å². The average Bonchev–Trinajstić information content (AvgIpc) is 2.78. The molecule has 3 aromatic carbocycles. The van der Waals surface area contributed by atoms with Crippen molar-refractivity contribution in [2.75, 3.05) is 6.16 Å². The lowest BCUT2D eigenvalue weighted by Gasteiger charge is -2.24. The maximum absolute atomic E-state index is 2.56. The van der Waals surface area contributed by atoms with E-state index in [0.29, 0.717) is 5.66 Å². The first-order valence-electron chi connectivity index (χ1n) is 12.0. The zero-order chi connectivity index (χ0) is 22.7. The molecule has 1 aliphatic heterocycles. The first kappa shape index (κ1) is 22.8. The molecule has 1 heterocycles. The Labute approximate surface area is 195 Å². The van der Waals surface area contributed by atoms with Crippen LogP contribution in [-0.2, 0) is 0 Å². The minimum absolute atomic E-state index is 0.285. The van der Waals surface area contributed by atoms with Crippen molar-refractivity contribution in [3.63, 3.8) is 0 Å². The van der Waals surface area contributed by atoms with E-state index in [0.717, 1.165) is 6.42 Å². The number of hydrogen-bond donors (Lipinski definition) is 0. The van der Waals surface area contributed by atoms with Crippen molar-refractivity contribution < 1.29 is 0 Å². The van der Waals surface area contributed by atoms with Crippen molar-refractivity contribution in [1.82, 2.24) is 0 Å². The second kappa shape index (κ2) is 10.0. The Morgan fingerprint density at radius 1 is 0.812 bits per heavy atom.